The Morgan fingerprint density at radius 1 is 1.22 bits per heavy atom. The molecule has 0 N–H and O–H groups in total. The molecule has 3 rings (SSSR count). The van der Waals surface area contributed by atoms with E-state index in [1.807, 2.05) is 0 Å². The van der Waals surface area contributed by atoms with Crippen molar-refractivity contribution in [2.75, 3.05) is 46.6 Å². The molecule has 2 aromatic rings. The number of benzene rings is 2. The van der Waals surface area contributed by atoms with Crippen molar-refractivity contribution < 1.29 is 14.2 Å². The van der Waals surface area contributed by atoms with Crippen LogP contribution in [0, 0.1) is 6.92 Å². The molecule has 0 bridgehead atoms. The predicted molar refractivity (Wildman–Crippen MR) is 92.2 cm³/mol. The summed E-state index contributed by atoms with van der Waals surface area (Å²) in [5.74, 6) is 0.977. The molecule has 23 heavy (non-hydrogen) atoms. The Morgan fingerprint density at radius 2 is 2.00 bits per heavy atom. The van der Waals surface area contributed by atoms with Gasteiger partial charge < -0.3 is 14.2 Å². The number of aryl methyl sites for hydroxylation is 1. The molecule has 1 unspecified atom stereocenters. The van der Waals surface area contributed by atoms with Gasteiger partial charge in [-0.3, -0.25) is 4.90 Å². The Morgan fingerprint density at radius 3 is 2.78 bits per heavy atom. The first kappa shape index (κ1) is 16.2. The Hall–Kier alpha value is -1.62. The lowest BCUT2D eigenvalue weighted by molar-refractivity contribution is -0.0627. The van der Waals surface area contributed by atoms with Gasteiger partial charge in [0.25, 0.3) is 0 Å². The van der Waals surface area contributed by atoms with Crippen LogP contribution in [0.25, 0.3) is 10.8 Å². The number of nitrogens with zero attached hydrogens (tertiary/aromatic N) is 1. The largest absolute Gasteiger partial charge is 0.492 e. The van der Waals surface area contributed by atoms with E-state index in [1.165, 1.54) is 16.3 Å². The average Bonchev–Trinajstić information content (AvgIpc) is 2.56. The maximum absolute atomic E-state index is 6.03. The van der Waals surface area contributed by atoms with Crippen LogP contribution in [0.15, 0.2) is 36.4 Å². The zero-order chi connectivity index (χ0) is 16.1. The van der Waals surface area contributed by atoms with Gasteiger partial charge in [0.2, 0.25) is 0 Å². The molecule has 1 saturated heterocycles. The molecule has 1 aliphatic rings. The lowest BCUT2D eigenvalue weighted by Crippen LogP contribution is -2.45. The first-order valence-corrected chi connectivity index (χ1v) is 8.21. The zero-order valence-corrected chi connectivity index (χ0v) is 14.0. The molecule has 0 saturated carbocycles. The van der Waals surface area contributed by atoms with E-state index in [0.29, 0.717) is 13.2 Å². The van der Waals surface area contributed by atoms with Crippen LogP contribution in [0.3, 0.4) is 0 Å². The fourth-order valence-corrected chi connectivity index (χ4v) is 3.04. The number of fused-ring (bicyclic) bond motifs is 1. The van der Waals surface area contributed by atoms with Crippen molar-refractivity contribution in [3.8, 4) is 5.75 Å². The highest BCUT2D eigenvalue weighted by atomic mass is 16.5. The van der Waals surface area contributed by atoms with Crippen LogP contribution in [0.1, 0.15) is 5.56 Å². The minimum atomic E-state index is 0.177. The summed E-state index contributed by atoms with van der Waals surface area (Å²) in [6.07, 6.45) is 0.177. The monoisotopic (exact) mass is 315 g/mol. The van der Waals surface area contributed by atoms with Crippen molar-refractivity contribution in [3.05, 3.63) is 42.0 Å². The Labute approximate surface area is 137 Å². The molecule has 0 aromatic heterocycles. The maximum atomic E-state index is 6.03. The molecule has 1 heterocycles. The molecular weight excluding hydrogens is 290 g/mol. The van der Waals surface area contributed by atoms with E-state index in [9.17, 15) is 0 Å². The summed E-state index contributed by atoms with van der Waals surface area (Å²) in [5, 5.41) is 2.48. The molecule has 0 amide bonds. The molecule has 4 heteroatoms. The summed E-state index contributed by atoms with van der Waals surface area (Å²) >= 11 is 0. The van der Waals surface area contributed by atoms with Crippen LogP contribution in [0.2, 0.25) is 0 Å². The van der Waals surface area contributed by atoms with E-state index in [-0.39, 0.29) is 6.10 Å². The summed E-state index contributed by atoms with van der Waals surface area (Å²) in [4.78, 5) is 2.38. The van der Waals surface area contributed by atoms with Gasteiger partial charge >= 0.3 is 0 Å². The smallest absolute Gasteiger partial charge is 0.122 e. The van der Waals surface area contributed by atoms with Crippen LogP contribution in [0.5, 0.6) is 5.75 Å². The van der Waals surface area contributed by atoms with Crippen molar-refractivity contribution in [2.45, 2.75) is 13.0 Å². The Balaban J connectivity index is 1.55. The van der Waals surface area contributed by atoms with Gasteiger partial charge in [0.05, 0.1) is 19.3 Å². The predicted octanol–water partition coefficient (Wildman–Crippen LogP) is 2.87. The zero-order valence-electron chi connectivity index (χ0n) is 14.0. The number of morpholine rings is 1. The number of ether oxygens (including phenoxy) is 3. The summed E-state index contributed by atoms with van der Waals surface area (Å²) in [7, 11) is 1.72. The van der Waals surface area contributed by atoms with Crippen molar-refractivity contribution in [1.82, 2.24) is 4.90 Å². The van der Waals surface area contributed by atoms with E-state index in [2.05, 4.69) is 48.2 Å². The van der Waals surface area contributed by atoms with Crippen LogP contribution in [-0.2, 0) is 9.47 Å². The molecule has 1 aliphatic heterocycles. The third-order valence-electron chi connectivity index (χ3n) is 4.28. The first-order valence-electron chi connectivity index (χ1n) is 8.21. The number of rotatable bonds is 6. The highest BCUT2D eigenvalue weighted by Crippen LogP contribution is 2.25. The number of hydrogen-bond acceptors (Lipinski definition) is 4. The van der Waals surface area contributed by atoms with Gasteiger partial charge in [0, 0.05) is 26.7 Å². The molecule has 1 atom stereocenters. The van der Waals surface area contributed by atoms with Gasteiger partial charge in [-0.2, -0.15) is 0 Å². The summed E-state index contributed by atoms with van der Waals surface area (Å²) in [5.41, 5.74) is 1.18. The van der Waals surface area contributed by atoms with Gasteiger partial charge in [-0.05, 0) is 35.4 Å². The van der Waals surface area contributed by atoms with Crippen molar-refractivity contribution in [2.24, 2.45) is 0 Å². The van der Waals surface area contributed by atoms with E-state index in [4.69, 9.17) is 14.2 Å². The quantitative estimate of drug-likeness (QED) is 0.820. The third-order valence-corrected chi connectivity index (χ3v) is 4.28. The van der Waals surface area contributed by atoms with Crippen LogP contribution in [-0.4, -0.2) is 57.6 Å². The second kappa shape index (κ2) is 7.77. The number of methoxy groups -OCH3 is 1. The topological polar surface area (TPSA) is 30.9 Å². The Bertz CT molecular complexity index is 642. The second-order valence-electron chi connectivity index (χ2n) is 6.06. The molecule has 1 fully saturated rings. The van der Waals surface area contributed by atoms with E-state index >= 15 is 0 Å². The fourth-order valence-electron chi connectivity index (χ4n) is 3.04. The molecule has 4 nitrogen and oxygen atoms in total. The highest BCUT2D eigenvalue weighted by Gasteiger charge is 2.20. The van der Waals surface area contributed by atoms with E-state index < -0.39 is 0 Å². The molecule has 124 valence electrons. The third kappa shape index (κ3) is 4.22. The highest BCUT2D eigenvalue weighted by molar-refractivity contribution is 5.84. The summed E-state index contributed by atoms with van der Waals surface area (Å²) < 4.78 is 16.9. The van der Waals surface area contributed by atoms with Crippen molar-refractivity contribution >= 4 is 10.8 Å². The molecule has 0 radical (unpaired) electrons. The first-order chi connectivity index (χ1) is 11.3. The lowest BCUT2D eigenvalue weighted by atomic mass is 10.1. The van der Waals surface area contributed by atoms with Crippen LogP contribution < -0.4 is 4.74 Å². The van der Waals surface area contributed by atoms with Gasteiger partial charge in [-0.1, -0.05) is 24.3 Å². The number of hydrogen-bond donors (Lipinski definition) is 0. The Kier molecular flexibility index (Phi) is 5.49. The van der Waals surface area contributed by atoms with E-state index in [1.54, 1.807) is 7.11 Å². The molecule has 2 aromatic carbocycles. The maximum Gasteiger partial charge on any atom is 0.122 e. The SMILES string of the molecule is COCC1CN(CCOc2cc3ccccc3cc2C)CCO1. The normalized spacial score (nSPS) is 19.1. The van der Waals surface area contributed by atoms with E-state index in [0.717, 1.165) is 32.0 Å². The van der Waals surface area contributed by atoms with Gasteiger partial charge in [0.1, 0.15) is 12.4 Å². The van der Waals surface area contributed by atoms with Gasteiger partial charge in [0.15, 0.2) is 0 Å². The summed E-state index contributed by atoms with van der Waals surface area (Å²) in [6.45, 7) is 7.00. The van der Waals surface area contributed by atoms with Crippen molar-refractivity contribution in [1.29, 1.82) is 0 Å². The van der Waals surface area contributed by atoms with Crippen LogP contribution >= 0.6 is 0 Å². The molecule has 0 aliphatic carbocycles. The second-order valence-corrected chi connectivity index (χ2v) is 6.06. The fraction of sp³-hybridized carbons (Fsp3) is 0.474. The minimum Gasteiger partial charge on any atom is -0.492 e. The average molecular weight is 315 g/mol. The standard InChI is InChI=1S/C19H25NO3/c1-15-11-16-5-3-4-6-17(16)12-19(15)23-10-8-20-7-9-22-18(13-20)14-21-2/h3-6,11-12,18H,7-10,13-14H2,1-2H3. The van der Waals surface area contributed by atoms with Gasteiger partial charge in [-0.15, -0.1) is 0 Å². The summed E-state index contributed by atoms with van der Waals surface area (Å²) in [6, 6.07) is 12.7. The molecule has 0 spiro atoms. The minimum absolute atomic E-state index is 0.177. The van der Waals surface area contributed by atoms with Gasteiger partial charge in [-0.25, -0.2) is 0 Å². The van der Waals surface area contributed by atoms with Crippen LogP contribution in [0.4, 0.5) is 0 Å². The molecular formula is C19H25NO3. The lowest BCUT2D eigenvalue weighted by Gasteiger charge is -2.32. The van der Waals surface area contributed by atoms with Crippen molar-refractivity contribution in [3.63, 3.8) is 0 Å².